The first-order valence-corrected chi connectivity index (χ1v) is 36.8. The number of piperazine rings is 4. The van der Waals surface area contributed by atoms with E-state index < -0.39 is 11.6 Å². The van der Waals surface area contributed by atoms with Crippen LogP contribution in [0.25, 0.3) is 51.6 Å². The molecule has 9 aromatic carbocycles. The zero-order valence-electron chi connectivity index (χ0n) is 53.9. The van der Waals surface area contributed by atoms with Crippen LogP contribution < -0.4 is 19.6 Å². The van der Waals surface area contributed by atoms with E-state index in [1.807, 2.05) is 30.3 Å². The fourth-order valence-corrected chi connectivity index (χ4v) is 16.9. The zero-order valence-corrected chi connectivity index (χ0v) is 57.9. The molecule has 0 amide bonds. The second-order valence-corrected chi connectivity index (χ2v) is 29.4. The molecule has 4 saturated heterocycles. The van der Waals surface area contributed by atoms with Crippen LogP contribution in [-0.4, -0.2) is 144 Å². The van der Waals surface area contributed by atoms with E-state index in [2.05, 4.69) is 204 Å². The van der Waals surface area contributed by atoms with Gasteiger partial charge in [0.2, 0.25) is 0 Å². The van der Waals surface area contributed by atoms with Crippen LogP contribution in [0.1, 0.15) is 27.8 Å². The van der Waals surface area contributed by atoms with Gasteiger partial charge in [0, 0.05) is 136 Å². The lowest BCUT2D eigenvalue weighted by molar-refractivity contribution is 0.249. The van der Waals surface area contributed by atoms with Crippen molar-refractivity contribution >= 4 is 129 Å². The fraction of sp³-hybridized carbons (Fsp3) is 0.273. The van der Waals surface area contributed by atoms with Crippen molar-refractivity contribution in [2.45, 2.75) is 33.1 Å². The second kappa shape index (κ2) is 31.0. The van der Waals surface area contributed by atoms with Gasteiger partial charge in [-0.2, -0.15) is 0 Å². The lowest BCUT2D eigenvalue weighted by Gasteiger charge is -2.34. The van der Waals surface area contributed by atoms with E-state index in [0.717, 1.165) is 172 Å². The van der Waals surface area contributed by atoms with Gasteiger partial charge in [0.05, 0.1) is 40.9 Å². The van der Waals surface area contributed by atoms with Gasteiger partial charge in [0.1, 0.15) is 0 Å². The monoisotopic (exact) mass is 1370 g/mol. The van der Waals surface area contributed by atoms with Gasteiger partial charge in [-0.25, -0.2) is 28.7 Å². The maximum atomic E-state index is 13.3. The highest BCUT2D eigenvalue weighted by Crippen LogP contribution is 2.34. The van der Waals surface area contributed by atoms with Crippen molar-refractivity contribution in [2.75, 3.05) is 124 Å². The fourth-order valence-electron chi connectivity index (χ4n) is 12.7. The van der Waals surface area contributed by atoms with Crippen LogP contribution in [0.15, 0.2) is 206 Å². The largest absolute Gasteiger partial charge is 0.345 e. The summed E-state index contributed by atoms with van der Waals surface area (Å²) in [5.41, 5.74) is 10.7. The molecule has 490 valence electrons. The number of hydrogen-bond donors (Lipinski definition) is 0. The molecule has 4 aliphatic rings. The van der Waals surface area contributed by atoms with Crippen molar-refractivity contribution in [1.82, 2.24) is 39.5 Å². The number of fused-ring (bicyclic) bond motifs is 5. The van der Waals surface area contributed by atoms with Crippen LogP contribution in [0, 0.1) is 18.6 Å². The number of para-hydroxylation sites is 4. The normalized spacial score (nSPS) is 16.0. The van der Waals surface area contributed by atoms with Crippen LogP contribution in [-0.2, 0) is 26.2 Å². The summed E-state index contributed by atoms with van der Waals surface area (Å²) in [4.78, 5) is 38.5. The molecule has 13 aromatic rings. The molecular weight excluding hydrogens is 1290 g/mol. The Balaban J connectivity index is 0.000000110. The minimum absolute atomic E-state index is 0.644. The average molecular weight is 1370 g/mol. The van der Waals surface area contributed by atoms with Crippen molar-refractivity contribution in [1.29, 1.82) is 0 Å². The molecule has 0 spiro atoms. The highest BCUT2D eigenvalue weighted by atomic mass is 35.5. The minimum Gasteiger partial charge on any atom is -0.345 e. The third-order valence-electron chi connectivity index (χ3n) is 18.2. The van der Waals surface area contributed by atoms with Crippen molar-refractivity contribution in [3.63, 3.8) is 0 Å². The summed E-state index contributed by atoms with van der Waals surface area (Å²) >= 11 is 13.1. The summed E-state index contributed by atoms with van der Waals surface area (Å²) < 4.78 is 31.3. The Hall–Kier alpha value is -8.01. The number of aryl methyl sites for hydroxylation is 1. The average Bonchev–Trinajstić information content (AvgIpc) is 1.82. The highest BCUT2D eigenvalue weighted by Gasteiger charge is 2.25. The Morgan fingerprint density at radius 1 is 0.312 bits per heavy atom. The molecule has 0 aliphatic carbocycles. The molecule has 0 unspecified atom stereocenters. The second-order valence-electron chi connectivity index (χ2n) is 25.0. The first-order valence-electron chi connectivity index (χ1n) is 33.1. The third-order valence-corrected chi connectivity index (χ3v) is 22.8. The van der Waals surface area contributed by atoms with Crippen molar-refractivity contribution in [3.05, 3.63) is 251 Å². The Bertz CT molecular complexity index is 4390. The van der Waals surface area contributed by atoms with E-state index in [0.29, 0.717) is 6.54 Å². The first kappa shape index (κ1) is 65.3. The quantitative estimate of drug-likeness (QED) is 0.117. The molecule has 0 N–H and O–H groups in total. The van der Waals surface area contributed by atoms with E-state index in [1.54, 1.807) is 51.4 Å². The summed E-state index contributed by atoms with van der Waals surface area (Å²) in [6.07, 6.45) is 0. The van der Waals surface area contributed by atoms with Crippen LogP contribution in [0.3, 0.4) is 0 Å². The zero-order chi connectivity index (χ0) is 65.2. The molecule has 4 fully saturated rings. The number of anilines is 4. The maximum Gasteiger partial charge on any atom is 0.186 e. The van der Waals surface area contributed by atoms with E-state index in [9.17, 15) is 8.78 Å². The van der Waals surface area contributed by atoms with Gasteiger partial charge in [-0.05, 0) is 119 Å². The molecule has 0 atom stereocenters. The molecule has 96 heavy (non-hydrogen) atoms. The molecule has 0 radical (unpaired) electrons. The van der Waals surface area contributed by atoms with E-state index in [4.69, 9.17) is 31.5 Å². The van der Waals surface area contributed by atoms with Crippen LogP contribution >= 0.6 is 56.9 Å². The Labute approximate surface area is 581 Å². The van der Waals surface area contributed by atoms with Crippen molar-refractivity contribution in [2.24, 2.45) is 0 Å². The number of hydrogen-bond acceptors (Lipinski definition) is 16. The van der Waals surface area contributed by atoms with Crippen molar-refractivity contribution < 1.29 is 8.78 Å². The summed E-state index contributed by atoms with van der Waals surface area (Å²) in [5, 5.41) is 7.99. The summed E-state index contributed by atoms with van der Waals surface area (Å²) in [5.74, 6) is -1.57. The van der Waals surface area contributed by atoms with Crippen LogP contribution in [0.5, 0.6) is 0 Å². The van der Waals surface area contributed by atoms with E-state index in [1.165, 1.54) is 69.1 Å². The molecule has 8 heterocycles. The first-order chi connectivity index (χ1) is 47.1. The Kier molecular flexibility index (Phi) is 21.1. The van der Waals surface area contributed by atoms with E-state index in [-0.39, 0.29) is 0 Å². The lowest BCUT2D eigenvalue weighted by Crippen LogP contribution is -2.45. The minimum atomic E-state index is -0.792. The summed E-state index contributed by atoms with van der Waals surface area (Å²) in [7, 11) is 0. The predicted molar refractivity (Wildman–Crippen MR) is 401 cm³/mol. The predicted octanol–water partition coefficient (Wildman–Crippen LogP) is 16.9. The maximum absolute atomic E-state index is 13.3. The van der Waals surface area contributed by atoms with Crippen molar-refractivity contribution in [3.8, 4) is 0 Å². The molecule has 4 aliphatic heterocycles. The number of thiazole rings is 4. The number of halogens is 3. The van der Waals surface area contributed by atoms with Gasteiger partial charge in [0.25, 0.3) is 0 Å². The molecule has 17 rings (SSSR count). The molecule has 0 saturated carbocycles. The highest BCUT2D eigenvalue weighted by molar-refractivity contribution is 7.23. The SMILES string of the molecule is Cc1ccc(CN2CCN(c3nc4ccccc4s3)CC2)cc1.Clc1ccc(CN2CCN(c3nc4ccccc4s3)CC2)cc1.Fc1ccc(CN2CCN(c3nc4ccccc4s3)CC2)cc1F.c1ccc2cc(CN3CCN(c4nc5ccccc5s4)CC3)ccc2c1. The molecule has 0 bridgehead atoms. The van der Waals surface area contributed by atoms with Gasteiger partial charge in [0.15, 0.2) is 32.2 Å². The third kappa shape index (κ3) is 16.7. The standard InChI is InChI=1S/C22H21N3S.C19H21N3S.C18H18ClN3S.C18H17F2N3S/c1-2-6-19-15-17(9-10-18(19)5-1)16-24-11-13-25(14-12-24)22-23-20-7-3-4-8-21(20)26-22;1-15-6-8-16(9-7-15)14-21-10-12-22(13-11-21)19-20-17-4-2-3-5-18(17)23-19;19-15-7-5-14(6-8-15)13-21-9-11-22(12-10-21)18-20-16-3-1-2-4-17(16)23-18;19-14-6-5-13(11-15(14)20)12-22-7-9-23(10-8-22)18-21-16-3-1-2-4-17(16)24-18/h1-10,15H,11-14,16H2;2-9H,10-14H2,1H3;1-8H,9-13H2;1-6,11H,7-10,12H2. The number of aromatic nitrogens is 4. The summed E-state index contributed by atoms with van der Waals surface area (Å²) in [6, 6.07) is 70.0. The Morgan fingerprint density at radius 3 is 0.979 bits per heavy atom. The molecule has 12 nitrogen and oxygen atoms in total. The molecular formula is C77H77ClF2N12S4. The molecule has 4 aromatic heterocycles. The van der Waals surface area contributed by atoms with Gasteiger partial charge < -0.3 is 19.6 Å². The number of benzene rings is 9. The lowest BCUT2D eigenvalue weighted by atomic mass is 10.1. The number of nitrogens with zero attached hydrogens (tertiary/aromatic N) is 12. The van der Waals surface area contributed by atoms with Gasteiger partial charge in [-0.15, -0.1) is 0 Å². The number of rotatable bonds is 12. The van der Waals surface area contributed by atoms with Crippen LogP contribution in [0.4, 0.5) is 29.3 Å². The topological polar surface area (TPSA) is 77.5 Å². The van der Waals surface area contributed by atoms with Crippen LogP contribution in [0.2, 0.25) is 5.02 Å². The summed E-state index contributed by atoms with van der Waals surface area (Å²) in [6.45, 7) is 22.2. The van der Waals surface area contributed by atoms with Gasteiger partial charge in [-0.3, -0.25) is 19.6 Å². The molecule has 19 heteroatoms. The van der Waals surface area contributed by atoms with Gasteiger partial charge >= 0.3 is 0 Å². The van der Waals surface area contributed by atoms with E-state index >= 15 is 0 Å². The van der Waals surface area contributed by atoms with Gasteiger partial charge in [-0.1, -0.05) is 190 Å². The Morgan fingerprint density at radius 2 is 0.615 bits per heavy atom. The smallest absolute Gasteiger partial charge is 0.186 e.